The summed E-state index contributed by atoms with van der Waals surface area (Å²) in [5.74, 6) is 0. The van der Waals surface area contributed by atoms with E-state index < -0.39 is 0 Å². The van der Waals surface area contributed by atoms with Crippen molar-refractivity contribution in [2.24, 2.45) is 0 Å². The van der Waals surface area contributed by atoms with E-state index in [1.807, 2.05) is 0 Å². The van der Waals surface area contributed by atoms with Crippen LogP contribution in [0.4, 0.5) is 0 Å². The summed E-state index contributed by atoms with van der Waals surface area (Å²) in [4.78, 5) is 0. The van der Waals surface area contributed by atoms with Crippen molar-refractivity contribution in [3.63, 3.8) is 0 Å². The van der Waals surface area contributed by atoms with Crippen LogP contribution >= 0.6 is 61.2 Å². The first-order valence-electron chi connectivity index (χ1n) is 0. The molecular formula is H5CeCl3INa. The predicted octanol–water partition coefficient (Wildman–Crippen LogP) is -1.00. The molecule has 0 saturated heterocycles. The summed E-state index contributed by atoms with van der Waals surface area (Å²) in [6, 6.07) is 0. The fraction of sp³-hybridized carbons (Fsp3) is 0. The predicted molar refractivity (Wildman–Crippen MR) is 38.3 cm³/mol. The molecule has 0 saturated carbocycles. The average Bonchev–Trinajstić information content (AvgIpc) is 0. The monoisotopic (exact) mass is 400 g/mol. The van der Waals surface area contributed by atoms with E-state index in [0.29, 0.717) is 0 Å². The van der Waals surface area contributed by atoms with Gasteiger partial charge in [-0.05, 0) is 0 Å². The maximum absolute atomic E-state index is 0. The number of hydrogen-bond donors (Lipinski definition) is 0. The van der Waals surface area contributed by atoms with E-state index in [-0.39, 0.29) is 134 Å². The average molecular weight is 401 g/mol. The molecule has 0 aromatic rings. The molecule has 0 aromatic heterocycles. The summed E-state index contributed by atoms with van der Waals surface area (Å²) in [5, 5.41) is 0. The van der Waals surface area contributed by atoms with Gasteiger partial charge in [-0.25, -0.2) is 0 Å². The van der Waals surface area contributed by atoms with E-state index in [0.717, 1.165) is 0 Å². The minimum absolute atomic E-state index is 0. The van der Waals surface area contributed by atoms with Crippen LogP contribution in [0.15, 0.2) is 0 Å². The zero-order valence-corrected chi connectivity index (χ0v) is 13.1. The molecule has 0 bridgehead atoms. The van der Waals surface area contributed by atoms with E-state index >= 15 is 0 Å². The standard InChI is InChI=1S/Ce.3ClH.HI.Na.H/h;4*1H;;/q;;;;;+1;-1. The minimum atomic E-state index is 0. The molecule has 0 aromatic carbocycles. The quantitative estimate of drug-likeness (QED) is 0.361. The van der Waals surface area contributed by atoms with Gasteiger partial charge in [-0.15, -0.1) is 61.2 Å². The van der Waals surface area contributed by atoms with Crippen LogP contribution in [0.2, 0.25) is 0 Å². The van der Waals surface area contributed by atoms with Crippen LogP contribution in [0.1, 0.15) is 1.43 Å². The number of hydrogen-bond acceptors (Lipinski definition) is 0. The topological polar surface area (TPSA) is 0 Å². The smallest absolute Gasteiger partial charge is 1.00 e. The first-order valence-corrected chi connectivity index (χ1v) is 0. The zero-order valence-electron chi connectivity index (χ0n) is 4.13. The van der Waals surface area contributed by atoms with Gasteiger partial charge in [-0.3, -0.25) is 0 Å². The first-order chi connectivity index (χ1) is 0. The summed E-state index contributed by atoms with van der Waals surface area (Å²) < 4.78 is 0. The molecule has 0 rings (SSSR count). The minimum Gasteiger partial charge on any atom is -1.00 e. The fourth-order valence-electron chi connectivity index (χ4n) is 0. The van der Waals surface area contributed by atoms with Crippen LogP contribution in [-0.2, 0) is 0 Å². The molecule has 0 atom stereocenters. The van der Waals surface area contributed by atoms with Gasteiger partial charge in [-0.2, -0.15) is 0 Å². The van der Waals surface area contributed by atoms with Crippen LogP contribution in [-0.4, -0.2) is 0 Å². The van der Waals surface area contributed by atoms with Gasteiger partial charge >= 0.3 is 29.6 Å². The SMILES string of the molecule is Cl.Cl.Cl.I.[Ce].[H-].[Na+]. The normalized spacial score (nSPS) is 0. The molecule has 0 aliphatic carbocycles. The van der Waals surface area contributed by atoms with Gasteiger partial charge in [0.2, 0.25) is 0 Å². The van der Waals surface area contributed by atoms with E-state index in [1.165, 1.54) is 0 Å². The Labute approximate surface area is 131 Å². The van der Waals surface area contributed by atoms with Crippen LogP contribution in [0, 0.1) is 41.7 Å². The Morgan fingerprint density at radius 3 is 0.833 bits per heavy atom. The number of rotatable bonds is 0. The van der Waals surface area contributed by atoms with E-state index in [2.05, 4.69) is 0 Å². The molecule has 6 heteroatoms. The third-order valence-electron chi connectivity index (χ3n) is 0. The van der Waals surface area contributed by atoms with Gasteiger partial charge in [-0.1, -0.05) is 0 Å². The van der Waals surface area contributed by atoms with Gasteiger partial charge in [0.15, 0.2) is 0 Å². The van der Waals surface area contributed by atoms with Crippen LogP contribution in [0.25, 0.3) is 0 Å². The molecule has 0 amide bonds. The van der Waals surface area contributed by atoms with Crippen molar-refractivity contribution in [3.8, 4) is 0 Å². The molecule has 0 N–H and O–H groups in total. The maximum atomic E-state index is 0. The van der Waals surface area contributed by atoms with Gasteiger partial charge in [0.1, 0.15) is 0 Å². The third kappa shape index (κ3) is 24.6. The van der Waals surface area contributed by atoms with E-state index in [1.54, 1.807) is 0 Å². The molecule has 38 valence electrons. The van der Waals surface area contributed by atoms with E-state index in [4.69, 9.17) is 0 Å². The van der Waals surface area contributed by atoms with Gasteiger partial charge in [0.05, 0.1) is 0 Å². The Kier molecular flexibility index (Phi) is 306. The number of halogens is 4. The van der Waals surface area contributed by atoms with Crippen molar-refractivity contribution in [3.05, 3.63) is 0 Å². The van der Waals surface area contributed by atoms with Crippen molar-refractivity contribution in [2.75, 3.05) is 0 Å². The van der Waals surface area contributed by atoms with Crippen LogP contribution < -0.4 is 29.6 Å². The van der Waals surface area contributed by atoms with Crippen LogP contribution in [0.3, 0.4) is 0 Å². The Hall–Kier alpha value is 3.98. The second-order valence-electron chi connectivity index (χ2n) is 0. The Morgan fingerprint density at radius 1 is 0.833 bits per heavy atom. The van der Waals surface area contributed by atoms with Gasteiger partial charge in [0, 0.05) is 41.7 Å². The molecule has 0 spiro atoms. The molecule has 0 fully saturated rings. The summed E-state index contributed by atoms with van der Waals surface area (Å²) in [6.45, 7) is 0. The largest absolute Gasteiger partial charge is 1.00 e. The molecule has 0 nitrogen and oxygen atoms in total. The third-order valence-corrected chi connectivity index (χ3v) is 0. The summed E-state index contributed by atoms with van der Waals surface area (Å²) in [7, 11) is 0. The molecule has 0 aliphatic rings. The van der Waals surface area contributed by atoms with Crippen LogP contribution in [0.5, 0.6) is 0 Å². The summed E-state index contributed by atoms with van der Waals surface area (Å²) in [6.07, 6.45) is 0. The molecule has 0 unspecified atom stereocenters. The Balaban J connectivity index is 0. The molecule has 0 heterocycles. The Bertz CT molecular complexity index is 14.9. The maximum Gasteiger partial charge on any atom is 1.00 e. The van der Waals surface area contributed by atoms with Crippen molar-refractivity contribution in [1.29, 1.82) is 0 Å². The van der Waals surface area contributed by atoms with E-state index in [9.17, 15) is 0 Å². The van der Waals surface area contributed by atoms with Crippen molar-refractivity contribution >= 4 is 61.2 Å². The fourth-order valence-corrected chi connectivity index (χ4v) is 0. The molecule has 0 radical (unpaired) electrons. The zero-order chi connectivity index (χ0) is 0. The summed E-state index contributed by atoms with van der Waals surface area (Å²) >= 11 is 0. The molecule has 0 aliphatic heterocycles. The molecule has 6 heavy (non-hydrogen) atoms. The van der Waals surface area contributed by atoms with Crippen molar-refractivity contribution in [1.82, 2.24) is 0 Å². The summed E-state index contributed by atoms with van der Waals surface area (Å²) in [5.41, 5.74) is 0. The van der Waals surface area contributed by atoms with Crippen molar-refractivity contribution < 1.29 is 72.7 Å². The second kappa shape index (κ2) is 36.1. The Morgan fingerprint density at radius 2 is 0.833 bits per heavy atom. The second-order valence-corrected chi connectivity index (χ2v) is 0. The van der Waals surface area contributed by atoms with Gasteiger partial charge in [0.25, 0.3) is 0 Å². The first kappa shape index (κ1) is 50.8. The van der Waals surface area contributed by atoms with Gasteiger partial charge < -0.3 is 1.43 Å². The molecular weight excluding hydrogens is 396 g/mol. The van der Waals surface area contributed by atoms with Crippen molar-refractivity contribution in [2.45, 2.75) is 0 Å².